The topological polar surface area (TPSA) is 52.9 Å². The van der Waals surface area contributed by atoms with Gasteiger partial charge in [0.25, 0.3) is 0 Å². The minimum Gasteiger partial charge on any atom is -0.325 e. The number of benzene rings is 1. The van der Waals surface area contributed by atoms with Gasteiger partial charge in [-0.15, -0.1) is 11.8 Å². The monoisotopic (exact) mass is 222 g/mol. The maximum atomic E-state index is 13.3. The van der Waals surface area contributed by atoms with E-state index in [1.807, 2.05) is 0 Å². The molecule has 1 N–H and O–H groups in total. The number of rotatable bonds is 0. The van der Waals surface area contributed by atoms with Crippen LogP contribution >= 0.6 is 11.8 Å². The van der Waals surface area contributed by atoms with Crippen LogP contribution in [-0.4, -0.2) is 11.7 Å². The van der Waals surface area contributed by atoms with Gasteiger partial charge in [-0.1, -0.05) is 0 Å². The van der Waals surface area contributed by atoms with Gasteiger partial charge in [0.2, 0.25) is 5.91 Å². The van der Waals surface area contributed by atoms with Crippen LogP contribution in [0.15, 0.2) is 17.0 Å². The molecule has 0 saturated carbocycles. The third kappa shape index (κ3) is 1.95. The van der Waals surface area contributed by atoms with Crippen LogP contribution in [0, 0.1) is 17.1 Å². The molecule has 0 spiro atoms. The Morgan fingerprint density at radius 3 is 3.07 bits per heavy atom. The molecule has 5 heteroatoms. The summed E-state index contributed by atoms with van der Waals surface area (Å²) < 4.78 is 13.3. The molecule has 3 nitrogen and oxygen atoms in total. The second-order valence-corrected chi connectivity index (χ2v) is 4.22. The molecule has 0 saturated heterocycles. The first kappa shape index (κ1) is 9.99. The van der Waals surface area contributed by atoms with Crippen LogP contribution in [0.25, 0.3) is 0 Å². The van der Waals surface area contributed by atoms with Crippen LogP contribution in [0.1, 0.15) is 12.0 Å². The van der Waals surface area contributed by atoms with E-state index in [4.69, 9.17) is 5.26 Å². The third-order valence-electron chi connectivity index (χ3n) is 2.05. The van der Waals surface area contributed by atoms with Crippen molar-refractivity contribution in [2.24, 2.45) is 0 Å². The molecule has 1 aliphatic rings. The summed E-state index contributed by atoms with van der Waals surface area (Å²) in [7, 11) is 0. The standard InChI is InChI=1S/C10H7FN2OS/c11-7-4-9-8(3-6(7)5-12)13-10(14)1-2-15-9/h3-4H,1-2H2,(H,13,14). The molecule has 0 fully saturated rings. The van der Waals surface area contributed by atoms with Crippen LogP contribution in [0.5, 0.6) is 0 Å². The van der Waals surface area contributed by atoms with Crippen molar-refractivity contribution in [2.45, 2.75) is 11.3 Å². The first-order chi connectivity index (χ1) is 7.20. The lowest BCUT2D eigenvalue weighted by atomic mass is 10.2. The first-order valence-electron chi connectivity index (χ1n) is 4.37. The molecule has 15 heavy (non-hydrogen) atoms. The van der Waals surface area contributed by atoms with Gasteiger partial charge in [-0.3, -0.25) is 4.79 Å². The molecule has 0 atom stereocenters. The van der Waals surface area contributed by atoms with E-state index < -0.39 is 5.82 Å². The molecule has 1 heterocycles. The van der Waals surface area contributed by atoms with Crippen molar-refractivity contribution in [1.29, 1.82) is 5.26 Å². The maximum Gasteiger partial charge on any atom is 0.225 e. The molecular weight excluding hydrogens is 215 g/mol. The van der Waals surface area contributed by atoms with Gasteiger partial charge in [0, 0.05) is 17.1 Å². The Bertz CT molecular complexity index is 467. The number of carbonyl (C=O) groups excluding carboxylic acids is 1. The SMILES string of the molecule is N#Cc1cc2c(cc1F)SCCC(=O)N2. The summed E-state index contributed by atoms with van der Waals surface area (Å²) in [5, 5.41) is 11.3. The number of nitriles is 1. The number of thioether (sulfide) groups is 1. The summed E-state index contributed by atoms with van der Waals surface area (Å²) >= 11 is 1.41. The van der Waals surface area contributed by atoms with E-state index in [0.29, 0.717) is 22.8 Å². The van der Waals surface area contributed by atoms with E-state index >= 15 is 0 Å². The van der Waals surface area contributed by atoms with Crippen LogP contribution in [0.2, 0.25) is 0 Å². The fourth-order valence-electron chi connectivity index (χ4n) is 1.32. The number of anilines is 1. The predicted octanol–water partition coefficient (Wildman–Crippen LogP) is 2.13. The fourth-order valence-corrected chi connectivity index (χ4v) is 2.28. The van der Waals surface area contributed by atoms with Gasteiger partial charge >= 0.3 is 0 Å². The number of nitrogens with one attached hydrogen (secondary N) is 1. The molecule has 1 aliphatic heterocycles. The van der Waals surface area contributed by atoms with Gasteiger partial charge in [-0.2, -0.15) is 5.26 Å². The fraction of sp³-hybridized carbons (Fsp3) is 0.200. The zero-order valence-corrected chi connectivity index (χ0v) is 8.53. The summed E-state index contributed by atoms with van der Waals surface area (Å²) in [4.78, 5) is 11.9. The molecule has 0 radical (unpaired) electrons. The maximum absolute atomic E-state index is 13.3. The van der Waals surface area contributed by atoms with Crippen molar-refractivity contribution in [3.8, 4) is 6.07 Å². The van der Waals surface area contributed by atoms with E-state index in [2.05, 4.69) is 5.32 Å². The van der Waals surface area contributed by atoms with Gasteiger partial charge in [0.15, 0.2) is 0 Å². The molecular formula is C10H7FN2OS. The molecule has 2 rings (SSSR count). The third-order valence-corrected chi connectivity index (χ3v) is 3.11. The van der Waals surface area contributed by atoms with Crippen LogP contribution in [0.3, 0.4) is 0 Å². The Labute approximate surface area is 90.3 Å². The second kappa shape index (κ2) is 3.91. The number of hydrogen-bond donors (Lipinski definition) is 1. The first-order valence-corrected chi connectivity index (χ1v) is 5.35. The minimum absolute atomic E-state index is 0.0449. The highest BCUT2D eigenvalue weighted by atomic mass is 32.2. The number of fused-ring (bicyclic) bond motifs is 1. The molecule has 0 unspecified atom stereocenters. The van der Waals surface area contributed by atoms with Crippen molar-refractivity contribution in [1.82, 2.24) is 0 Å². The van der Waals surface area contributed by atoms with Gasteiger partial charge in [0.05, 0.1) is 11.3 Å². The largest absolute Gasteiger partial charge is 0.325 e. The molecule has 0 bridgehead atoms. The lowest BCUT2D eigenvalue weighted by molar-refractivity contribution is -0.115. The van der Waals surface area contributed by atoms with Gasteiger partial charge in [-0.05, 0) is 12.1 Å². The average Bonchev–Trinajstić information content (AvgIpc) is 2.37. The molecule has 1 amide bonds. The van der Waals surface area contributed by atoms with Gasteiger partial charge < -0.3 is 5.32 Å². The summed E-state index contributed by atoms with van der Waals surface area (Å²) in [5.74, 6) is -0.0129. The van der Waals surface area contributed by atoms with E-state index in [-0.39, 0.29) is 11.5 Å². The normalized spacial score (nSPS) is 14.8. The molecule has 0 aromatic heterocycles. The van der Waals surface area contributed by atoms with Gasteiger partial charge in [0.1, 0.15) is 11.9 Å². The quantitative estimate of drug-likeness (QED) is 0.731. The smallest absolute Gasteiger partial charge is 0.225 e. The van der Waals surface area contributed by atoms with Crippen molar-refractivity contribution in [3.05, 3.63) is 23.5 Å². The number of nitrogens with zero attached hydrogens (tertiary/aromatic N) is 1. The zero-order valence-electron chi connectivity index (χ0n) is 7.71. The Morgan fingerprint density at radius 1 is 1.53 bits per heavy atom. The Morgan fingerprint density at radius 2 is 2.33 bits per heavy atom. The summed E-state index contributed by atoms with van der Waals surface area (Å²) in [6.45, 7) is 0. The van der Waals surface area contributed by atoms with E-state index in [0.717, 1.165) is 0 Å². The second-order valence-electron chi connectivity index (χ2n) is 3.09. The van der Waals surface area contributed by atoms with Crippen molar-refractivity contribution >= 4 is 23.4 Å². The molecule has 0 aliphatic carbocycles. The Balaban J connectivity index is 2.50. The molecule has 1 aromatic rings. The molecule has 76 valence electrons. The summed E-state index contributed by atoms with van der Waals surface area (Å²) in [5.41, 5.74) is 0.483. The van der Waals surface area contributed by atoms with Crippen LogP contribution in [0.4, 0.5) is 10.1 Å². The Hall–Kier alpha value is -1.54. The van der Waals surface area contributed by atoms with E-state index in [1.165, 1.54) is 23.9 Å². The highest BCUT2D eigenvalue weighted by molar-refractivity contribution is 7.99. The zero-order chi connectivity index (χ0) is 10.8. The van der Waals surface area contributed by atoms with Gasteiger partial charge in [-0.25, -0.2) is 4.39 Å². The van der Waals surface area contributed by atoms with Crippen LogP contribution in [-0.2, 0) is 4.79 Å². The lowest BCUT2D eigenvalue weighted by Gasteiger charge is -2.06. The van der Waals surface area contributed by atoms with Crippen molar-refractivity contribution in [3.63, 3.8) is 0 Å². The predicted molar refractivity (Wildman–Crippen MR) is 55.1 cm³/mol. The highest BCUT2D eigenvalue weighted by Crippen LogP contribution is 2.32. The Kier molecular flexibility index (Phi) is 2.60. The highest BCUT2D eigenvalue weighted by Gasteiger charge is 2.16. The number of halogens is 1. The summed E-state index contributed by atoms with van der Waals surface area (Å²) in [6.07, 6.45) is 0.406. The average molecular weight is 222 g/mol. The lowest BCUT2D eigenvalue weighted by Crippen LogP contribution is -2.10. The van der Waals surface area contributed by atoms with Crippen molar-refractivity contribution in [2.75, 3.05) is 11.1 Å². The van der Waals surface area contributed by atoms with E-state index in [9.17, 15) is 9.18 Å². The van der Waals surface area contributed by atoms with Crippen LogP contribution < -0.4 is 5.32 Å². The number of amides is 1. The molecule has 1 aromatic carbocycles. The number of hydrogen-bond acceptors (Lipinski definition) is 3. The number of carbonyl (C=O) groups is 1. The van der Waals surface area contributed by atoms with Crippen molar-refractivity contribution < 1.29 is 9.18 Å². The summed E-state index contributed by atoms with van der Waals surface area (Å²) in [6, 6.07) is 4.42. The van der Waals surface area contributed by atoms with E-state index in [1.54, 1.807) is 6.07 Å². The minimum atomic E-state index is -0.542.